The zero-order valence-electron chi connectivity index (χ0n) is 9.65. The highest BCUT2D eigenvalue weighted by Crippen LogP contribution is 2.34. The standard InChI is InChI=1S/C12H11Cl2N3O/c1-2-15-10-6-11(17-7-16-10)18-9-5-3-4-8(13)12(9)14/h3-7H,2H2,1H3,(H,15,16,17). The van der Waals surface area contributed by atoms with Crippen molar-refractivity contribution in [2.75, 3.05) is 11.9 Å². The molecule has 0 saturated carbocycles. The molecule has 2 aromatic rings. The zero-order chi connectivity index (χ0) is 13.0. The van der Waals surface area contributed by atoms with Crippen LogP contribution < -0.4 is 10.1 Å². The van der Waals surface area contributed by atoms with Crippen molar-refractivity contribution in [2.24, 2.45) is 0 Å². The molecule has 2 rings (SSSR count). The minimum absolute atomic E-state index is 0.364. The summed E-state index contributed by atoms with van der Waals surface area (Å²) in [5.74, 6) is 1.57. The summed E-state index contributed by atoms with van der Waals surface area (Å²) in [6, 6.07) is 6.88. The van der Waals surface area contributed by atoms with Crippen LogP contribution in [-0.4, -0.2) is 16.5 Å². The van der Waals surface area contributed by atoms with Gasteiger partial charge in [-0.25, -0.2) is 9.97 Å². The van der Waals surface area contributed by atoms with Crippen LogP contribution in [0.4, 0.5) is 5.82 Å². The van der Waals surface area contributed by atoms with E-state index in [0.29, 0.717) is 27.5 Å². The number of ether oxygens (including phenoxy) is 1. The monoisotopic (exact) mass is 283 g/mol. The van der Waals surface area contributed by atoms with Crippen LogP contribution in [0, 0.1) is 0 Å². The largest absolute Gasteiger partial charge is 0.437 e. The van der Waals surface area contributed by atoms with E-state index in [1.54, 1.807) is 24.3 Å². The van der Waals surface area contributed by atoms with E-state index in [9.17, 15) is 0 Å². The molecule has 0 bridgehead atoms. The molecule has 0 aliphatic heterocycles. The maximum Gasteiger partial charge on any atom is 0.224 e. The zero-order valence-corrected chi connectivity index (χ0v) is 11.2. The Morgan fingerprint density at radius 3 is 2.89 bits per heavy atom. The Bertz CT molecular complexity index is 549. The van der Waals surface area contributed by atoms with E-state index in [2.05, 4.69) is 15.3 Å². The van der Waals surface area contributed by atoms with Crippen LogP contribution in [-0.2, 0) is 0 Å². The molecule has 94 valence electrons. The summed E-state index contributed by atoms with van der Waals surface area (Å²) in [5, 5.41) is 3.87. The van der Waals surface area contributed by atoms with Crippen LogP contribution in [0.15, 0.2) is 30.6 Å². The number of anilines is 1. The number of nitrogens with one attached hydrogen (secondary N) is 1. The lowest BCUT2D eigenvalue weighted by Crippen LogP contribution is -2.00. The molecule has 0 unspecified atom stereocenters. The number of aromatic nitrogens is 2. The van der Waals surface area contributed by atoms with Gasteiger partial charge in [0.05, 0.1) is 5.02 Å². The van der Waals surface area contributed by atoms with E-state index in [4.69, 9.17) is 27.9 Å². The Morgan fingerprint density at radius 1 is 1.28 bits per heavy atom. The van der Waals surface area contributed by atoms with E-state index in [1.807, 2.05) is 6.92 Å². The van der Waals surface area contributed by atoms with Gasteiger partial charge in [0, 0.05) is 12.6 Å². The molecule has 1 aromatic carbocycles. The van der Waals surface area contributed by atoms with E-state index >= 15 is 0 Å². The second-order valence-corrected chi connectivity index (χ2v) is 4.21. The lowest BCUT2D eigenvalue weighted by molar-refractivity contribution is 0.462. The number of hydrogen-bond donors (Lipinski definition) is 1. The first-order valence-corrected chi connectivity index (χ1v) is 6.14. The lowest BCUT2D eigenvalue weighted by atomic mass is 10.3. The number of rotatable bonds is 4. The Hall–Kier alpha value is -1.52. The van der Waals surface area contributed by atoms with Crippen LogP contribution in [0.3, 0.4) is 0 Å². The van der Waals surface area contributed by atoms with Crippen molar-refractivity contribution >= 4 is 29.0 Å². The molecule has 18 heavy (non-hydrogen) atoms. The first-order chi connectivity index (χ1) is 8.70. The van der Waals surface area contributed by atoms with Gasteiger partial charge in [-0.15, -0.1) is 0 Å². The summed E-state index contributed by atoms with van der Waals surface area (Å²) in [7, 11) is 0. The third-order valence-electron chi connectivity index (χ3n) is 2.13. The predicted octanol–water partition coefficient (Wildman–Crippen LogP) is 4.01. The molecule has 0 amide bonds. The fourth-order valence-corrected chi connectivity index (χ4v) is 1.68. The lowest BCUT2D eigenvalue weighted by Gasteiger charge is -2.08. The normalized spacial score (nSPS) is 10.2. The van der Waals surface area contributed by atoms with E-state index in [1.165, 1.54) is 6.33 Å². The smallest absolute Gasteiger partial charge is 0.224 e. The highest BCUT2D eigenvalue weighted by Gasteiger charge is 2.07. The van der Waals surface area contributed by atoms with E-state index in [-0.39, 0.29) is 0 Å². The van der Waals surface area contributed by atoms with Gasteiger partial charge in [0.15, 0.2) is 0 Å². The highest BCUT2D eigenvalue weighted by atomic mass is 35.5. The van der Waals surface area contributed by atoms with Crippen LogP contribution in [0.5, 0.6) is 11.6 Å². The summed E-state index contributed by atoms with van der Waals surface area (Å²) < 4.78 is 5.57. The van der Waals surface area contributed by atoms with Crippen molar-refractivity contribution in [1.82, 2.24) is 9.97 Å². The SMILES string of the molecule is CCNc1cc(Oc2cccc(Cl)c2Cl)ncn1. The molecule has 0 aliphatic rings. The van der Waals surface area contributed by atoms with Crippen molar-refractivity contribution in [2.45, 2.75) is 6.92 Å². The van der Waals surface area contributed by atoms with Crippen LogP contribution in [0.2, 0.25) is 10.0 Å². The number of benzene rings is 1. The Labute approximate surface area is 115 Å². The summed E-state index contributed by atoms with van der Waals surface area (Å²) in [6.45, 7) is 2.75. The average Bonchev–Trinajstić information content (AvgIpc) is 2.36. The molecule has 0 spiro atoms. The molecule has 0 aliphatic carbocycles. The second-order valence-electron chi connectivity index (χ2n) is 3.43. The van der Waals surface area contributed by atoms with Crippen molar-refractivity contribution in [3.8, 4) is 11.6 Å². The van der Waals surface area contributed by atoms with Gasteiger partial charge < -0.3 is 10.1 Å². The maximum atomic E-state index is 6.03. The molecule has 6 heteroatoms. The molecule has 0 atom stereocenters. The molecule has 4 nitrogen and oxygen atoms in total. The second kappa shape index (κ2) is 5.89. The molecule has 0 saturated heterocycles. The van der Waals surface area contributed by atoms with Gasteiger partial charge in [-0.1, -0.05) is 29.3 Å². The quantitative estimate of drug-likeness (QED) is 0.921. The molecular weight excluding hydrogens is 273 g/mol. The minimum Gasteiger partial charge on any atom is -0.437 e. The van der Waals surface area contributed by atoms with Crippen LogP contribution >= 0.6 is 23.2 Å². The van der Waals surface area contributed by atoms with Gasteiger partial charge in [-0.2, -0.15) is 0 Å². The molecule has 1 heterocycles. The van der Waals surface area contributed by atoms with Crippen LogP contribution in [0.25, 0.3) is 0 Å². The Balaban J connectivity index is 2.23. The first-order valence-electron chi connectivity index (χ1n) is 5.38. The topological polar surface area (TPSA) is 47.0 Å². The number of halogens is 2. The average molecular weight is 284 g/mol. The van der Waals surface area contributed by atoms with Crippen molar-refractivity contribution in [3.63, 3.8) is 0 Å². The molecule has 0 radical (unpaired) electrons. The third kappa shape index (κ3) is 3.03. The molecule has 0 fully saturated rings. The van der Waals surface area contributed by atoms with E-state index in [0.717, 1.165) is 6.54 Å². The molecular formula is C12H11Cl2N3O. The number of nitrogens with zero attached hydrogens (tertiary/aromatic N) is 2. The van der Waals surface area contributed by atoms with Crippen LogP contribution in [0.1, 0.15) is 6.92 Å². The number of hydrogen-bond acceptors (Lipinski definition) is 4. The van der Waals surface area contributed by atoms with Crippen molar-refractivity contribution in [3.05, 3.63) is 40.6 Å². The maximum absolute atomic E-state index is 6.03. The van der Waals surface area contributed by atoms with Gasteiger partial charge >= 0.3 is 0 Å². The highest BCUT2D eigenvalue weighted by molar-refractivity contribution is 6.42. The van der Waals surface area contributed by atoms with Crippen molar-refractivity contribution < 1.29 is 4.74 Å². The molecule has 1 aromatic heterocycles. The third-order valence-corrected chi connectivity index (χ3v) is 2.93. The fraction of sp³-hybridized carbons (Fsp3) is 0.167. The summed E-state index contributed by atoms with van der Waals surface area (Å²) >= 11 is 11.9. The Kier molecular flexibility index (Phi) is 4.23. The summed E-state index contributed by atoms with van der Waals surface area (Å²) in [6.07, 6.45) is 1.42. The van der Waals surface area contributed by atoms with Gasteiger partial charge in [0.25, 0.3) is 0 Å². The van der Waals surface area contributed by atoms with E-state index < -0.39 is 0 Å². The van der Waals surface area contributed by atoms with Gasteiger partial charge in [0.1, 0.15) is 22.9 Å². The predicted molar refractivity (Wildman–Crippen MR) is 72.7 cm³/mol. The fourth-order valence-electron chi connectivity index (χ4n) is 1.35. The molecule has 1 N–H and O–H groups in total. The van der Waals surface area contributed by atoms with Crippen molar-refractivity contribution in [1.29, 1.82) is 0 Å². The van der Waals surface area contributed by atoms with Gasteiger partial charge in [-0.05, 0) is 19.1 Å². The van der Waals surface area contributed by atoms with Gasteiger partial charge in [-0.3, -0.25) is 0 Å². The summed E-state index contributed by atoms with van der Waals surface area (Å²) in [4.78, 5) is 8.06. The van der Waals surface area contributed by atoms with Gasteiger partial charge in [0.2, 0.25) is 5.88 Å². The first kappa shape index (κ1) is 12.9. The Morgan fingerprint density at radius 2 is 2.11 bits per heavy atom. The minimum atomic E-state index is 0.364. The summed E-state index contributed by atoms with van der Waals surface area (Å²) in [5.41, 5.74) is 0.